The van der Waals surface area contributed by atoms with Crippen molar-refractivity contribution < 1.29 is 28.6 Å². The van der Waals surface area contributed by atoms with Crippen molar-refractivity contribution in [2.45, 2.75) is 65.4 Å². The zero-order valence-corrected chi connectivity index (χ0v) is 26.9. The maximum atomic E-state index is 15.9. The molecule has 43 heavy (non-hydrogen) atoms. The third-order valence-corrected chi connectivity index (χ3v) is 8.01. The number of hydrogen-bond acceptors (Lipinski definition) is 6. The number of amides is 1. The van der Waals surface area contributed by atoms with Crippen molar-refractivity contribution in [3.8, 4) is 11.3 Å². The van der Waals surface area contributed by atoms with Gasteiger partial charge in [0.05, 0.1) is 21.8 Å². The minimum Gasteiger partial charge on any atom is -0.478 e. The highest BCUT2D eigenvalue weighted by atomic mass is 35.5. The maximum Gasteiger partial charge on any atom is 0.331 e. The molecule has 0 radical (unpaired) electrons. The molecular weight excluding hydrogens is 614 g/mol. The number of hydrogen-bond donors (Lipinski definition) is 2. The number of thiazole rings is 1. The molecule has 0 fully saturated rings. The van der Waals surface area contributed by atoms with Gasteiger partial charge in [-0.25, -0.2) is 14.2 Å². The molecule has 0 saturated carbocycles. The second-order valence-electron chi connectivity index (χ2n) is 10.0. The molecule has 11 heteroatoms. The van der Waals surface area contributed by atoms with Crippen LogP contribution < -0.4 is 5.32 Å². The van der Waals surface area contributed by atoms with Crippen LogP contribution in [0.15, 0.2) is 41.3 Å². The van der Waals surface area contributed by atoms with Crippen molar-refractivity contribution in [1.29, 1.82) is 0 Å². The van der Waals surface area contributed by atoms with Gasteiger partial charge in [0.25, 0.3) is 5.91 Å². The fourth-order valence-corrected chi connectivity index (χ4v) is 5.47. The number of carbonyl (C=O) groups excluding carboxylic acids is 1. The van der Waals surface area contributed by atoms with E-state index >= 15 is 4.39 Å². The number of carboxylic acid groups (broad SMARTS) is 1. The molecule has 0 aliphatic heterocycles. The molecule has 0 spiro atoms. The number of aliphatic carboxylic acids is 1. The van der Waals surface area contributed by atoms with Gasteiger partial charge in [-0.15, -0.1) is 11.3 Å². The van der Waals surface area contributed by atoms with Gasteiger partial charge in [-0.05, 0) is 56.9 Å². The number of anilines is 1. The predicted octanol–water partition coefficient (Wildman–Crippen LogP) is 9.45. The quantitative estimate of drug-likeness (QED) is 0.112. The summed E-state index contributed by atoms with van der Waals surface area (Å²) in [5.41, 5.74) is 1.67. The Labute approximate surface area is 266 Å². The number of unbranched alkanes of at least 4 members (excludes halogenated alkanes) is 2. The highest BCUT2D eigenvalue weighted by molar-refractivity contribution is 7.14. The zero-order valence-electron chi connectivity index (χ0n) is 24.6. The second-order valence-corrected chi connectivity index (χ2v) is 11.7. The topological polar surface area (TPSA) is 97.8 Å². The third kappa shape index (κ3) is 10.1. The van der Waals surface area contributed by atoms with Gasteiger partial charge in [0, 0.05) is 53.0 Å². The van der Waals surface area contributed by atoms with Crippen LogP contribution in [0, 0.1) is 5.82 Å². The number of nitrogens with one attached hydrogen (secondary N) is 1. The summed E-state index contributed by atoms with van der Waals surface area (Å²) < 4.78 is 27.7. The summed E-state index contributed by atoms with van der Waals surface area (Å²) in [6.45, 7) is 7.48. The van der Waals surface area contributed by atoms with Gasteiger partial charge in [0.1, 0.15) is 5.82 Å². The van der Waals surface area contributed by atoms with E-state index < -0.39 is 23.8 Å². The molecule has 1 atom stereocenters. The van der Waals surface area contributed by atoms with E-state index in [2.05, 4.69) is 24.1 Å². The minimum absolute atomic E-state index is 0.0443. The molecule has 0 bridgehead atoms. The van der Waals surface area contributed by atoms with Gasteiger partial charge in [-0.2, -0.15) is 0 Å². The van der Waals surface area contributed by atoms with Gasteiger partial charge in [0.15, 0.2) is 5.13 Å². The zero-order chi connectivity index (χ0) is 31.4. The van der Waals surface area contributed by atoms with Gasteiger partial charge in [-0.1, -0.05) is 62.0 Å². The lowest BCUT2D eigenvalue weighted by molar-refractivity contribution is -0.132. The summed E-state index contributed by atoms with van der Waals surface area (Å²) >= 11 is 13.8. The number of nitrogens with zero attached hydrogens (tertiary/aromatic N) is 1. The summed E-state index contributed by atoms with van der Waals surface area (Å²) in [6.07, 6.45) is 6.27. The molecule has 3 rings (SSSR count). The summed E-state index contributed by atoms with van der Waals surface area (Å²) in [7, 11) is 0. The first-order valence-corrected chi connectivity index (χ1v) is 15.9. The summed E-state index contributed by atoms with van der Waals surface area (Å²) in [5, 5.41) is 14.0. The van der Waals surface area contributed by atoms with Gasteiger partial charge < -0.3 is 14.6 Å². The van der Waals surface area contributed by atoms with Gasteiger partial charge in [-0.3, -0.25) is 10.1 Å². The van der Waals surface area contributed by atoms with Crippen LogP contribution in [0.4, 0.5) is 9.52 Å². The van der Waals surface area contributed by atoms with Crippen LogP contribution in [0.5, 0.6) is 0 Å². The average molecular weight is 652 g/mol. The van der Waals surface area contributed by atoms with Crippen LogP contribution in [0.1, 0.15) is 86.9 Å². The summed E-state index contributed by atoms with van der Waals surface area (Å²) in [6, 6.07) is 7.98. The van der Waals surface area contributed by atoms with Crippen LogP contribution in [0.3, 0.4) is 0 Å². The Morgan fingerprint density at radius 1 is 1.09 bits per heavy atom. The SMILES string of the molecule is CCCCOCCCC(OCCCC)c1cccc(-c2csc(NC(=O)c3cc(Cl)c(C=C(C)C(=O)O)c(Cl)c3)n2)c1F. The molecule has 0 saturated heterocycles. The summed E-state index contributed by atoms with van der Waals surface area (Å²) in [4.78, 5) is 28.6. The van der Waals surface area contributed by atoms with Gasteiger partial charge >= 0.3 is 5.97 Å². The first-order valence-electron chi connectivity index (χ1n) is 14.3. The van der Waals surface area contributed by atoms with E-state index in [1.807, 2.05) is 0 Å². The lowest BCUT2D eigenvalue weighted by atomic mass is 10.00. The highest BCUT2D eigenvalue weighted by Gasteiger charge is 2.21. The number of aromatic nitrogens is 1. The molecule has 1 unspecified atom stereocenters. The van der Waals surface area contributed by atoms with Crippen LogP contribution in [0.2, 0.25) is 10.0 Å². The smallest absolute Gasteiger partial charge is 0.331 e. The van der Waals surface area contributed by atoms with Crippen molar-refractivity contribution in [1.82, 2.24) is 4.98 Å². The van der Waals surface area contributed by atoms with E-state index in [-0.39, 0.29) is 26.3 Å². The largest absolute Gasteiger partial charge is 0.478 e. The van der Waals surface area contributed by atoms with Crippen LogP contribution in [-0.2, 0) is 14.3 Å². The van der Waals surface area contributed by atoms with Gasteiger partial charge in [0.2, 0.25) is 0 Å². The van der Waals surface area contributed by atoms with Crippen molar-refractivity contribution in [2.24, 2.45) is 0 Å². The number of ether oxygens (including phenoxy) is 2. The highest BCUT2D eigenvalue weighted by Crippen LogP contribution is 2.34. The normalized spacial score (nSPS) is 12.4. The Bertz CT molecular complexity index is 1410. The fourth-order valence-electron chi connectivity index (χ4n) is 4.17. The van der Waals surface area contributed by atoms with E-state index in [1.54, 1.807) is 23.6 Å². The minimum atomic E-state index is -1.11. The molecular formula is C32H37Cl2FN2O5S. The molecule has 0 aliphatic rings. The lowest BCUT2D eigenvalue weighted by Gasteiger charge is -2.20. The van der Waals surface area contributed by atoms with Crippen molar-refractivity contribution >= 4 is 57.6 Å². The first kappa shape index (κ1) is 34.7. The van der Waals surface area contributed by atoms with E-state index in [1.165, 1.54) is 25.1 Å². The van der Waals surface area contributed by atoms with E-state index in [0.717, 1.165) is 50.0 Å². The standard InChI is InChI=1S/C32H37Cl2FN2O5S/c1-4-6-13-41-14-9-12-28(42-15-7-5-2)23-11-8-10-22(29(23)35)27-19-43-32(36-27)37-30(38)21-17-25(33)24(26(34)18-21)16-20(3)31(39)40/h8,10-11,16-19,28H,4-7,9,12-15H2,1-3H3,(H,39,40)(H,36,37,38). The molecule has 0 aliphatic carbocycles. The molecule has 2 N–H and O–H groups in total. The van der Waals surface area contributed by atoms with E-state index in [4.69, 9.17) is 37.8 Å². The Morgan fingerprint density at radius 2 is 1.77 bits per heavy atom. The van der Waals surface area contributed by atoms with Crippen LogP contribution in [0.25, 0.3) is 17.3 Å². The molecule has 2 aromatic carbocycles. The fraction of sp³-hybridized carbons (Fsp3) is 0.406. The molecule has 3 aromatic rings. The number of carboxylic acids is 1. The molecule has 7 nitrogen and oxygen atoms in total. The molecule has 1 heterocycles. The number of carbonyl (C=O) groups is 2. The Morgan fingerprint density at radius 3 is 2.44 bits per heavy atom. The van der Waals surface area contributed by atoms with E-state index in [9.17, 15) is 9.59 Å². The van der Waals surface area contributed by atoms with Crippen molar-refractivity contribution in [3.05, 3.63) is 73.8 Å². The Kier molecular flexibility index (Phi) is 14.1. The Balaban J connectivity index is 1.76. The first-order chi connectivity index (χ1) is 20.7. The third-order valence-electron chi connectivity index (χ3n) is 6.63. The molecule has 1 amide bonds. The Hall–Kier alpha value is -2.82. The maximum absolute atomic E-state index is 15.9. The number of rotatable bonds is 17. The second kappa shape index (κ2) is 17.5. The predicted molar refractivity (Wildman–Crippen MR) is 172 cm³/mol. The monoisotopic (exact) mass is 650 g/mol. The van der Waals surface area contributed by atoms with Crippen molar-refractivity contribution in [3.63, 3.8) is 0 Å². The summed E-state index contributed by atoms with van der Waals surface area (Å²) in [5.74, 6) is -2.03. The molecule has 232 valence electrons. The van der Waals surface area contributed by atoms with Crippen molar-refractivity contribution in [2.75, 3.05) is 25.1 Å². The lowest BCUT2D eigenvalue weighted by Crippen LogP contribution is -2.12. The number of halogens is 3. The number of benzene rings is 2. The van der Waals surface area contributed by atoms with E-state index in [0.29, 0.717) is 42.0 Å². The molecule has 1 aromatic heterocycles. The van der Waals surface area contributed by atoms with Crippen LogP contribution >= 0.6 is 34.5 Å². The average Bonchev–Trinajstić information content (AvgIpc) is 3.43. The van der Waals surface area contributed by atoms with Crippen LogP contribution in [-0.4, -0.2) is 41.8 Å².